The van der Waals surface area contributed by atoms with Gasteiger partial charge in [-0.05, 0) is 18.2 Å². The first-order valence-electron chi connectivity index (χ1n) is 6.05. The van der Waals surface area contributed by atoms with Crippen LogP contribution in [0.5, 0.6) is 5.75 Å². The van der Waals surface area contributed by atoms with Crippen molar-refractivity contribution in [2.45, 2.75) is 19.9 Å². The summed E-state index contributed by atoms with van der Waals surface area (Å²) < 4.78 is 10.5. The lowest BCUT2D eigenvalue weighted by molar-refractivity contribution is 0.0915. The molecular weight excluding hydrogens is 230 g/mol. The molecule has 1 fully saturated rings. The van der Waals surface area contributed by atoms with Crippen molar-refractivity contribution in [2.75, 3.05) is 20.3 Å². The lowest BCUT2D eigenvalue weighted by Gasteiger charge is -2.25. The van der Waals surface area contributed by atoms with Crippen LogP contribution in [0.4, 0.5) is 0 Å². The van der Waals surface area contributed by atoms with Crippen molar-refractivity contribution >= 4 is 5.91 Å². The van der Waals surface area contributed by atoms with Crippen LogP contribution < -0.4 is 10.1 Å². The van der Waals surface area contributed by atoms with E-state index in [-0.39, 0.29) is 17.4 Å². The molecule has 98 valence electrons. The minimum Gasteiger partial charge on any atom is -0.497 e. The third-order valence-electron chi connectivity index (χ3n) is 3.34. The zero-order valence-corrected chi connectivity index (χ0v) is 11.0. The number of rotatable bonds is 3. The molecule has 1 atom stereocenters. The van der Waals surface area contributed by atoms with Crippen LogP contribution in [0.2, 0.25) is 0 Å². The lowest BCUT2D eigenvalue weighted by atomic mass is 9.88. The number of hydrogen-bond donors (Lipinski definition) is 1. The predicted octanol–water partition coefficient (Wildman–Crippen LogP) is 1.85. The molecule has 18 heavy (non-hydrogen) atoms. The molecule has 4 heteroatoms. The van der Waals surface area contributed by atoms with Crippen molar-refractivity contribution < 1.29 is 14.3 Å². The summed E-state index contributed by atoms with van der Waals surface area (Å²) >= 11 is 0. The summed E-state index contributed by atoms with van der Waals surface area (Å²) in [6, 6.07) is 7.19. The van der Waals surface area contributed by atoms with Gasteiger partial charge in [0.15, 0.2) is 0 Å². The topological polar surface area (TPSA) is 47.6 Å². The molecular formula is C14H19NO3. The summed E-state index contributed by atoms with van der Waals surface area (Å²) in [5.74, 6) is 0.599. The first-order valence-corrected chi connectivity index (χ1v) is 6.05. The number of ether oxygens (including phenoxy) is 2. The molecule has 2 rings (SSSR count). The number of carbonyl (C=O) groups excluding carboxylic acids is 1. The Balaban J connectivity index is 2.07. The highest BCUT2D eigenvalue weighted by Gasteiger charge is 2.36. The lowest BCUT2D eigenvalue weighted by Crippen LogP contribution is -2.44. The standard InChI is InChI=1S/C14H19NO3/c1-14(2)9-18-8-12(14)15-13(16)10-5-4-6-11(7-10)17-3/h4-7,12H,8-9H2,1-3H3,(H,15,16). The van der Waals surface area contributed by atoms with E-state index in [0.717, 1.165) is 0 Å². The van der Waals surface area contributed by atoms with Crippen LogP contribution in [-0.4, -0.2) is 32.3 Å². The van der Waals surface area contributed by atoms with Gasteiger partial charge in [0.2, 0.25) is 0 Å². The van der Waals surface area contributed by atoms with Crippen molar-refractivity contribution in [2.24, 2.45) is 5.41 Å². The molecule has 0 bridgehead atoms. The molecule has 1 aliphatic heterocycles. The number of amides is 1. The van der Waals surface area contributed by atoms with Crippen LogP contribution in [0.1, 0.15) is 24.2 Å². The molecule has 1 aliphatic rings. The second kappa shape index (κ2) is 4.98. The Hall–Kier alpha value is -1.55. The van der Waals surface area contributed by atoms with Gasteiger partial charge in [-0.1, -0.05) is 19.9 Å². The van der Waals surface area contributed by atoms with Crippen molar-refractivity contribution in [1.82, 2.24) is 5.32 Å². The van der Waals surface area contributed by atoms with Crippen LogP contribution in [-0.2, 0) is 4.74 Å². The molecule has 0 saturated carbocycles. The van der Waals surface area contributed by atoms with Gasteiger partial charge in [-0.3, -0.25) is 4.79 Å². The smallest absolute Gasteiger partial charge is 0.251 e. The SMILES string of the molecule is COc1cccc(C(=O)NC2COCC2(C)C)c1. The second-order valence-corrected chi connectivity index (χ2v) is 5.26. The molecule has 1 unspecified atom stereocenters. The van der Waals surface area contributed by atoms with Gasteiger partial charge in [0.05, 0.1) is 26.4 Å². The highest BCUT2D eigenvalue weighted by atomic mass is 16.5. The van der Waals surface area contributed by atoms with E-state index in [9.17, 15) is 4.79 Å². The molecule has 0 radical (unpaired) electrons. The summed E-state index contributed by atoms with van der Waals surface area (Å²) in [6.07, 6.45) is 0. The van der Waals surface area contributed by atoms with Crippen molar-refractivity contribution in [3.05, 3.63) is 29.8 Å². The number of nitrogens with one attached hydrogen (secondary N) is 1. The van der Waals surface area contributed by atoms with Gasteiger partial charge in [0, 0.05) is 11.0 Å². The zero-order chi connectivity index (χ0) is 13.2. The van der Waals surface area contributed by atoms with E-state index < -0.39 is 0 Å². The van der Waals surface area contributed by atoms with Crippen LogP contribution in [0.25, 0.3) is 0 Å². The van der Waals surface area contributed by atoms with E-state index in [1.54, 1.807) is 19.2 Å². The monoisotopic (exact) mass is 249 g/mol. The molecule has 4 nitrogen and oxygen atoms in total. The quantitative estimate of drug-likeness (QED) is 0.889. The second-order valence-electron chi connectivity index (χ2n) is 5.26. The summed E-state index contributed by atoms with van der Waals surface area (Å²) in [5.41, 5.74) is 0.589. The molecule has 0 aromatic heterocycles. The van der Waals surface area contributed by atoms with Crippen LogP contribution >= 0.6 is 0 Å². The summed E-state index contributed by atoms with van der Waals surface area (Å²) in [7, 11) is 1.59. The minimum absolute atomic E-state index is 0.0193. The zero-order valence-electron chi connectivity index (χ0n) is 11.0. The Labute approximate surface area is 107 Å². The normalized spacial score (nSPS) is 21.6. The Kier molecular flexibility index (Phi) is 3.57. The third-order valence-corrected chi connectivity index (χ3v) is 3.34. The van der Waals surface area contributed by atoms with Crippen molar-refractivity contribution in [1.29, 1.82) is 0 Å². The van der Waals surface area contributed by atoms with E-state index in [0.29, 0.717) is 24.5 Å². The van der Waals surface area contributed by atoms with E-state index in [2.05, 4.69) is 19.2 Å². The molecule has 0 aliphatic carbocycles. The van der Waals surface area contributed by atoms with Crippen LogP contribution in [0.15, 0.2) is 24.3 Å². The number of benzene rings is 1. The van der Waals surface area contributed by atoms with Gasteiger partial charge >= 0.3 is 0 Å². The first kappa shape index (κ1) is 12.9. The first-order chi connectivity index (χ1) is 8.53. The van der Waals surface area contributed by atoms with Gasteiger partial charge in [0.25, 0.3) is 5.91 Å². The van der Waals surface area contributed by atoms with E-state index in [4.69, 9.17) is 9.47 Å². The minimum atomic E-state index is -0.0857. The van der Waals surface area contributed by atoms with E-state index >= 15 is 0 Å². The van der Waals surface area contributed by atoms with Crippen molar-refractivity contribution in [3.8, 4) is 5.75 Å². The van der Waals surface area contributed by atoms with Gasteiger partial charge < -0.3 is 14.8 Å². The Morgan fingerprint density at radius 3 is 2.89 bits per heavy atom. The maximum Gasteiger partial charge on any atom is 0.251 e. The van der Waals surface area contributed by atoms with Gasteiger partial charge in [-0.15, -0.1) is 0 Å². The average Bonchev–Trinajstić information content (AvgIpc) is 2.69. The Bertz CT molecular complexity index is 442. The van der Waals surface area contributed by atoms with Crippen LogP contribution in [0, 0.1) is 5.41 Å². The molecule has 1 heterocycles. The Morgan fingerprint density at radius 1 is 1.50 bits per heavy atom. The molecule has 1 N–H and O–H groups in total. The number of methoxy groups -OCH3 is 1. The molecule has 0 spiro atoms. The Morgan fingerprint density at radius 2 is 2.28 bits per heavy atom. The van der Waals surface area contributed by atoms with Crippen LogP contribution in [0.3, 0.4) is 0 Å². The fourth-order valence-corrected chi connectivity index (χ4v) is 2.01. The van der Waals surface area contributed by atoms with E-state index in [1.165, 1.54) is 0 Å². The maximum absolute atomic E-state index is 12.1. The molecule has 1 aromatic rings. The highest BCUT2D eigenvalue weighted by Crippen LogP contribution is 2.27. The number of hydrogen-bond acceptors (Lipinski definition) is 3. The van der Waals surface area contributed by atoms with Crippen molar-refractivity contribution in [3.63, 3.8) is 0 Å². The predicted molar refractivity (Wildman–Crippen MR) is 68.8 cm³/mol. The number of carbonyl (C=O) groups is 1. The van der Waals surface area contributed by atoms with Gasteiger partial charge in [-0.25, -0.2) is 0 Å². The fraction of sp³-hybridized carbons (Fsp3) is 0.500. The fourth-order valence-electron chi connectivity index (χ4n) is 2.01. The molecule has 1 aromatic carbocycles. The molecule has 1 saturated heterocycles. The summed E-state index contributed by atoms with van der Waals surface area (Å²) in [6.45, 7) is 5.44. The summed E-state index contributed by atoms with van der Waals surface area (Å²) in [5, 5.41) is 3.02. The van der Waals surface area contributed by atoms with Gasteiger partial charge in [-0.2, -0.15) is 0 Å². The maximum atomic E-state index is 12.1. The largest absolute Gasteiger partial charge is 0.497 e. The highest BCUT2D eigenvalue weighted by molar-refractivity contribution is 5.94. The van der Waals surface area contributed by atoms with Gasteiger partial charge in [0.1, 0.15) is 5.75 Å². The molecule has 1 amide bonds. The summed E-state index contributed by atoms with van der Waals surface area (Å²) in [4.78, 5) is 12.1. The average molecular weight is 249 g/mol. The van der Waals surface area contributed by atoms with E-state index in [1.807, 2.05) is 12.1 Å². The third kappa shape index (κ3) is 2.64.